The number of thiophene rings is 1. The minimum absolute atomic E-state index is 0.953. The van der Waals surface area contributed by atoms with Crippen LogP contribution in [0.25, 0.3) is 92.9 Å². The first-order chi connectivity index (χ1) is 25.3. The fraction of sp³-hybridized carbons (Fsp3) is 0.0426. The van der Waals surface area contributed by atoms with Gasteiger partial charge in [-0.25, -0.2) is 4.98 Å². The molecule has 0 aliphatic heterocycles. The van der Waals surface area contributed by atoms with Gasteiger partial charge in [-0.2, -0.15) is 0 Å². The predicted octanol–water partition coefficient (Wildman–Crippen LogP) is 12.8. The van der Waals surface area contributed by atoms with Crippen LogP contribution in [-0.2, 0) is 6.42 Å². The molecule has 6 aromatic carbocycles. The summed E-state index contributed by atoms with van der Waals surface area (Å²) in [4.78, 5) is 4.91. The van der Waals surface area contributed by atoms with Gasteiger partial charge in [-0.15, -0.1) is 11.3 Å². The topological polar surface area (TPSA) is 22.2 Å². The molecule has 10 aromatic rings. The number of fused-ring (bicyclic) bond motifs is 11. The Labute approximate surface area is 299 Å². The molecule has 0 saturated heterocycles. The summed E-state index contributed by atoms with van der Waals surface area (Å²) in [6, 6.07) is 50.8. The van der Waals surface area contributed by atoms with Gasteiger partial charge >= 0.3 is 0 Å². The van der Waals surface area contributed by atoms with E-state index in [0.717, 1.165) is 35.4 Å². The molecule has 0 saturated carbocycles. The third-order valence-corrected chi connectivity index (χ3v) is 11.8. The average molecular weight is 670 g/mol. The molecule has 4 heterocycles. The van der Waals surface area contributed by atoms with Crippen LogP contribution in [0.1, 0.15) is 17.5 Å². The lowest BCUT2D eigenvalue weighted by Crippen LogP contribution is -1.98. The first-order valence-electron chi connectivity index (χ1n) is 17.6. The van der Waals surface area contributed by atoms with Gasteiger partial charge in [-0.1, -0.05) is 103 Å². The standard InChI is InChI=1S/C47H31N3S/c1-3-11-30(12-4-1)33-20-24-41-38(27-33)44-36-15-7-8-16-37(36)45-39-28-34(31-13-5-2-6-14-31)21-25-42(39)51-47(45)46(44)50(41)35-22-18-32(19-23-35)40-29-49-26-10-9-17-43(49)48-40/h1-6,8-14,16-29H,7,15H2. The Morgan fingerprint density at radius 1 is 0.608 bits per heavy atom. The van der Waals surface area contributed by atoms with Gasteiger partial charge in [-0.05, 0) is 94.8 Å². The zero-order chi connectivity index (χ0) is 33.5. The van der Waals surface area contributed by atoms with E-state index in [1.165, 1.54) is 75.4 Å². The first-order valence-corrected chi connectivity index (χ1v) is 18.4. The quantitative estimate of drug-likeness (QED) is 0.183. The normalized spacial score (nSPS) is 12.9. The molecule has 1 aliphatic carbocycles. The molecule has 4 aromatic heterocycles. The number of rotatable bonds is 4. The van der Waals surface area contributed by atoms with Crippen LogP contribution in [0.3, 0.4) is 0 Å². The van der Waals surface area contributed by atoms with Gasteiger partial charge in [0.25, 0.3) is 0 Å². The summed E-state index contributed by atoms with van der Waals surface area (Å²) in [5.74, 6) is 0. The molecule has 0 atom stereocenters. The molecule has 0 spiro atoms. The molecule has 1 aliphatic rings. The van der Waals surface area contributed by atoms with Gasteiger partial charge in [0.2, 0.25) is 0 Å². The van der Waals surface area contributed by atoms with E-state index in [2.05, 4.69) is 161 Å². The largest absolute Gasteiger partial charge is 0.308 e. The highest BCUT2D eigenvalue weighted by molar-refractivity contribution is 7.26. The van der Waals surface area contributed by atoms with Gasteiger partial charge in [0.05, 0.1) is 21.4 Å². The minimum atomic E-state index is 0.953. The van der Waals surface area contributed by atoms with Crippen LogP contribution in [0, 0.1) is 0 Å². The fourth-order valence-corrected chi connectivity index (χ4v) is 9.48. The van der Waals surface area contributed by atoms with E-state index >= 15 is 0 Å². The fourth-order valence-electron chi connectivity index (χ4n) is 8.24. The maximum atomic E-state index is 4.91. The van der Waals surface area contributed by atoms with Crippen LogP contribution in [0.15, 0.2) is 158 Å². The summed E-state index contributed by atoms with van der Waals surface area (Å²) in [5.41, 5.74) is 14.6. The highest BCUT2D eigenvalue weighted by Gasteiger charge is 2.25. The van der Waals surface area contributed by atoms with Crippen LogP contribution in [0.5, 0.6) is 0 Å². The van der Waals surface area contributed by atoms with Crippen molar-refractivity contribution in [3.05, 3.63) is 169 Å². The average Bonchev–Trinajstić information content (AvgIpc) is 3.90. The molecule has 0 amide bonds. The summed E-state index contributed by atoms with van der Waals surface area (Å²) in [6.07, 6.45) is 11.0. The third-order valence-electron chi connectivity index (χ3n) is 10.6. The van der Waals surface area contributed by atoms with Crippen molar-refractivity contribution in [2.45, 2.75) is 12.8 Å². The summed E-state index contributed by atoms with van der Waals surface area (Å²) in [5, 5.41) is 5.41. The third kappa shape index (κ3) is 4.40. The van der Waals surface area contributed by atoms with E-state index < -0.39 is 0 Å². The number of pyridine rings is 1. The van der Waals surface area contributed by atoms with E-state index in [4.69, 9.17) is 4.98 Å². The minimum Gasteiger partial charge on any atom is -0.308 e. The van der Waals surface area contributed by atoms with E-state index in [0.29, 0.717) is 0 Å². The maximum Gasteiger partial charge on any atom is 0.137 e. The molecule has 4 heteroatoms. The monoisotopic (exact) mass is 669 g/mol. The van der Waals surface area contributed by atoms with Gasteiger partial charge in [-0.3, -0.25) is 0 Å². The molecule has 0 bridgehead atoms. The molecule has 240 valence electrons. The second-order valence-electron chi connectivity index (χ2n) is 13.5. The lowest BCUT2D eigenvalue weighted by molar-refractivity contribution is 1.00. The molecule has 11 rings (SSSR count). The van der Waals surface area contributed by atoms with Crippen molar-refractivity contribution in [1.82, 2.24) is 14.0 Å². The van der Waals surface area contributed by atoms with Crippen LogP contribution in [-0.4, -0.2) is 14.0 Å². The second kappa shape index (κ2) is 11.1. The molecular formula is C47H31N3S. The Hall–Kier alpha value is -6.23. The summed E-state index contributed by atoms with van der Waals surface area (Å²) in [6.45, 7) is 0. The molecule has 3 nitrogen and oxygen atoms in total. The van der Waals surface area contributed by atoms with Crippen molar-refractivity contribution < 1.29 is 0 Å². The highest BCUT2D eigenvalue weighted by Crippen LogP contribution is 2.49. The van der Waals surface area contributed by atoms with Gasteiger partial charge in [0.1, 0.15) is 5.65 Å². The lowest BCUT2D eigenvalue weighted by Gasteiger charge is -2.16. The summed E-state index contributed by atoms with van der Waals surface area (Å²) >= 11 is 1.93. The Morgan fingerprint density at radius 2 is 1.31 bits per heavy atom. The van der Waals surface area contributed by atoms with Crippen LogP contribution >= 0.6 is 11.3 Å². The zero-order valence-electron chi connectivity index (χ0n) is 27.8. The number of benzene rings is 6. The number of hydrogen-bond donors (Lipinski definition) is 0. The van der Waals surface area contributed by atoms with E-state index in [-0.39, 0.29) is 0 Å². The van der Waals surface area contributed by atoms with Crippen molar-refractivity contribution in [2.24, 2.45) is 0 Å². The van der Waals surface area contributed by atoms with E-state index in [1.54, 1.807) is 0 Å². The lowest BCUT2D eigenvalue weighted by atomic mass is 9.88. The predicted molar refractivity (Wildman–Crippen MR) is 216 cm³/mol. The van der Waals surface area contributed by atoms with Crippen molar-refractivity contribution in [2.75, 3.05) is 0 Å². The van der Waals surface area contributed by atoms with Crippen molar-refractivity contribution >= 4 is 65.0 Å². The van der Waals surface area contributed by atoms with Crippen molar-refractivity contribution in [3.63, 3.8) is 0 Å². The molecule has 51 heavy (non-hydrogen) atoms. The number of hydrogen-bond acceptors (Lipinski definition) is 2. The number of allylic oxidation sites excluding steroid dienone is 1. The Balaban J connectivity index is 1.22. The van der Waals surface area contributed by atoms with Gasteiger partial charge < -0.3 is 8.97 Å². The molecule has 0 radical (unpaired) electrons. The Morgan fingerprint density at radius 3 is 2.08 bits per heavy atom. The van der Waals surface area contributed by atoms with Crippen molar-refractivity contribution in [1.29, 1.82) is 0 Å². The van der Waals surface area contributed by atoms with Crippen LogP contribution in [0.2, 0.25) is 0 Å². The number of imidazole rings is 1. The zero-order valence-corrected chi connectivity index (χ0v) is 28.6. The van der Waals surface area contributed by atoms with Crippen LogP contribution in [0.4, 0.5) is 0 Å². The summed E-state index contributed by atoms with van der Waals surface area (Å²) in [7, 11) is 0. The van der Waals surface area contributed by atoms with Gasteiger partial charge in [0, 0.05) is 49.9 Å². The van der Waals surface area contributed by atoms with E-state index in [1.807, 2.05) is 23.5 Å². The molecule has 0 N–H and O–H groups in total. The second-order valence-corrected chi connectivity index (χ2v) is 14.6. The molecule has 0 unspecified atom stereocenters. The van der Waals surface area contributed by atoms with Crippen molar-refractivity contribution in [3.8, 4) is 39.2 Å². The first kappa shape index (κ1) is 28.6. The number of aromatic nitrogens is 3. The van der Waals surface area contributed by atoms with Gasteiger partial charge in [0.15, 0.2) is 0 Å². The molecule has 0 fully saturated rings. The Kier molecular flexibility index (Phi) is 6.25. The smallest absolute Gasteiger partial charge is 0.137 e. The highest BCUT2D eigenvalue weighted by atomic mass is 32.1. The SMILES string of the molecule is C1=Cc2c(c3c4cc(-c5ccccc5)ccc4n(-c4ccc(-c5cn6ccccc6n5)cc4)c3c3sc4ccc(-c5ccccc5)cc4c23)CC1. The molecular weight excluding hydrogens is 639 g/mol. The van der Waals surface area contributed by atoms with Crippen LogP contribution < -0.4 is 0 Å². The summed E-state index contributed by atoms with van der Waals surface area (Å²) < 4.78 is 7.28. The maximum absolute atomic E-state index is 4.91. The number of aryl methyl sites for hydroxylation is 1. The Bertz CT molecular complexity index is 2960. The number of nitrogens with zero attached hydrogens (tertiary/aromatic N) is 3. The van der Waals surface area contributed by atoms with E-state index in [9.17, 15) is 0 Å².